The molecule has 1 aromatic heterocycles. The molecule has 1 saturated heterocycles. The van der Waals surface area contributed by atoms with Gasteiger partial charge in [-0.25, -0.2) is 0 Å². The maximum absolute atomic E-state index is 13.0. The van der Waals surface area contributed by atoms with Gasteiger partial charge in [0, 0.05) is 62.8 Å². The van der Waals surface area contributed by atoms with Crippen molar-refractivity contribution in [3.63, 3.8) is 0 Å². The Morgan fingerprint density at radius 2 is 1.80 bits per heavy atom. The van der Waals surface area contributed by atoms with Crippen molar-refractivity contribution in [1.29, 1.82) is 0 Å². The van der Waals surface area contributed by atoms with E-state index in [0.717, 1.165) is 42.1 Å². The Morgan fingerprint density at radius 3 is 2.53 bits per heavy atom. The molecule has 0 spiro atoms. The smallest absolute Gasteiger partial charge is 0.282 e. The number of fused-ring (bicyclic) bond motifs is 1. The average molecular weight is 433 g/mol. The lowest BCUT2D eigenvalue weighted by Gasteiger charge is -2.38. The van der Waals surface area contributed by atoms with E-state index in [0.29, 0.717) is 39.0 Å². The quantitative estimate of drug-likeness (QED) is 0.763. The highest BCUT2D eigenvalue weighted by atomic mass is 32.2. The van der Waals surface area contributed by atoms with E-state index in [1.807, 2.05) is 29.3 Å². The van der Waals surface area contributed by atoms with Gasteiger partial charge >= 0.3 is 0 Å². The molecule has 1 amide bonds. The number of amides is 1. The standard InChI is InChI=1S/C22H32N4O3S/c1-24(19-7-3-2-4-8-19)30(28,29)26-15-13-25(14-16-26)22(27)12-11-18-17-23-21-10-6-5-9-20(18)21/h5-6,9-10,17,19,23H,2-4,7-8,11-16H2,1H3. The van der Waals surface area contributed by atoms with E-state index in [2.05, 4.69) is 11.1 Å². The van der Waals surface area contributed by atoms with Gasteiger partial charge in [0.25, 0.3) is 10.2 Å². The third-order valence-electron chi connectivity index (χ3n) is 6.65. The highest BCUT2D eigenvalue weighted by molar-refractivity contribution is 7.86. The van der Waals surface area contributed by atoms with E-state index in [-0.39, 0.29) is 11.9 Å². The summed E-state index contributed by atoms with van der Waals surface area (Å²) < 4.78 is 29.1. The molecule has 0 bridgehead atoms. The molecule has 2 aliphatic rings. The minimum Gasteiger partial charge on any atom is -0.361 e. The topological polar surface area (TPSA) is 76.7 Å². The molecule has 0 atom stereocenters. The van der Waals surface area contributed by atoms with Crippen LogP contribution in [0.4, 0.5) is 0 Å². The van der Waals surface area contributed by atoms with Crippen LogP contribution in [-0.4, -0.2) is 72.1 Å². The number of nitrogens with one attached hydrogen (secondary N) is 1. The van der Waals surface area contributed by atoms with Gasteiger partial charge in [-0.05, 0) is 30.9 Å². The van der Waals surface area contributed by atoms with Gasteiger partial charge in [-0.15, -0.1) is 0 Å². The van der Waals surface area contributed by atoms with Gasteiger partial charge in [-0.2, -0.15) is 17.0 Å². The molecule has 2 fully saturated rings. The van der Waals surface area contributed by atoms with Crippen LogP contribution >= 0.6 is 0 Å². The van der Waals surface area contributed by atoms with Crippen molar-refractivity contribution in [2.24, 2.45) is 0 Å². The van der Waals surface area contributed by atoms with Crippen LogP contribution in [0.5, 0.6) is 0 Å². The Kier molecular flexibility index (Phi) is 6.46. The number of rotatable bonds is 6. The predicted molar refractivity (Wildman–Crippen MR) is 118 cm³/mol. The number of carbonyl (C=O) groups excluding carboxylic acids is 1. The van der Waals surface area contributed by atoms with Gasteiger partial charge in [0.2, 0.25) is 5.91 Å². The number of para-hydroxylation sites is 1. The lowest BCUT2D eigenvalue weighted by molar-refractivity contribution is -0.132. The summed E-state index contributed by atoms with van der Waals surface area (Å²) in [5.41, 5.74) is 2.23. The number of aromatic amines is 1. The molecule has 0 unspecified atom stereocenters. The Bertz CT molecular complexity index is 973. The first-order valence-electron chi connectivity index (χ1n) is 11.0. The van der Waals surface area contributed by atoms with Gasteiger partial charge in [0.05, 0.1) is 0 Å². The number of aromatic nitrogens is 1. The zero-order valence-electron chi connectivity index (χ0n) is 17.7. The van der Waals surface area contributed by atoms with Gasteiger partial charge in [0.1, 0.15) is 0 Å². The molecule has 164 valence electrons. The van der Waals surface area contributed by atoms with Crippen molar-refractivity contribution in [3.05, 3.63) is 36.0 Å². The number of aryl methyl sites for hydroxylation is 1. The minimum atomic E-state index is -3.46. The first-order chi connectivity index (χ1) is 14.5. The van der Waals surface area contributed by atoms with E-state index in [9.17, 15) is 13.2 Å². The van der Waals surface area contributed by atoms with Crippen molar-refractivity contribution in [2.45, 2.75) is 51.0 Å². The van der Waals surface area contributed by atoms with Gasteiger partial charge in [-0.1, -0.05) is 37.5 Å². The van der Waals surface area contributed by atoms with Crippen LogP contribution < -0.4 is 0 Å². The highest BCUT2D eigenvalue weighted by Crippen LogP contribution is 2.25. The largest absolute Gasteiger partial charge is 0.361 e. The molecule has 1 aliphatic carbocycles. The summed E-state index contributed by atoms with van der Waals surface area (Å²) in [4.78, 5) is 17.8. The molecule has 7 nitrogen and oxygen atoms in total. The maximum Gasteiger partial charge on any atom is 0.282 e. The average Bonchev–Trinajstić information content (AvgIpc) is 3.20. The van der Waals surface area contributed by atoms with Crippen molar-refractivity contribution in [3.8, 4) is 0 Å². The van der Waals surface area contributed by atoms with E-state index in [1.165, 1.54) is 6.42 Å². The maximum atomic E-state index is 13.0. The number of piperazine rings is 1. The van der Waals surface area contributed by atoms with E-state index in [4.69, 9.17) is 0 Å². The van der Waals surface area contributed by atoms with Gasteiger partial charge in [-0.3, -0.25) is 4.79 Å². The minimum absolute atomic E-state index is 0.0953. The number of hydrogen-bond acceptors (Lipinski definition) is 3. The summed E-state index contributed by atoms with van der Waals surface area (Å²) in [6.07, 6.45) is 8.39. The molecule has 30 heavy (non-hydrogen) atoms. The number of H-pyrrole nitrogens is 1. The Balaban J connectivity index is 1.29. The second-order valence-electron chi connectivity index (χ2n) is 8.46. The van der Waals surface area contributed by atoms with E-state index < -0.39 is 10.2 Å². The molecule has 1 saturated carbocycles. The summed E-state index contributed by atoms with van der Waals surface area (Å²) in [5.74, 6) is 0.0953. The highest BCUT2D eigenvalue weighted by Gasteiger charge is 2.35. The molecular formula is C22H32N4O3S. The zero-order chi connectivity index (χ0) is 21.1. The summed E-state index contributed by atoms with van der Waals surface area (Å²) in [7, 11) is -1.75. The number of carbonyl (C=O) groups is 1. The molecule has 4 rings (SSSR count). The van der Waals surface area contributed by atoms with Crippen molar-refractivity contribution in [2.75, 3.05) is 33.2 Å². The monoisotopic (exact) mass is 432 g/mol. The number of nitrogens with zero attached hydrogens (tertiary/aromatic N) is 3. The van der Waals surface area contributed by atoms with E-state index in [1.54, 1.807) is 15.7 Å². The summed E-state index contributed by atoms with van der Waals surface area (Å²) in [5, 5.41) is 1.16. The lowest BCUT2D eigenvalue weighted by Crippen LogP contribution is -2.55. The van der Waals surface area contributed by atoms with Gasteiger partial charge in [0.15, 0.2) is 0 Å². The Hall–Kier alpha value is -1.90. The fourth-order valence-corrected chi connectivity index (χ4v) is 6.30. The molecule has 1 N–H and O–H groups in total. The second-order valence-corrected chi connectivity index (χ2v) is 10.4. The zero-order valence-corrected chi connectivity index (χ0v) is 18.5. The van der Waals surface area contributed by atoms with Crippen LogP contribution in [0.25, 0.3) is 10.9 Å². The fourth-order valence-electron chi connectivity index (χ4n) is 4.72. The Labute approximate surface area is 179 Å². The van der Waals surface area contributed by atoms with Crippen molar-refractivity contribution >= 4 is 27.0 Å². The predicted octanol–water partition coefficient (Wildman–Crippen LogP) is 2.75. The van der Waals surface area contributed by atoms with Crippen LogP contribution in [0, 0.1) is 0 Å². The van der Waals surface area contributed by atoms with Crippen LogP contribution in [0.3, 0.4) is 0 Å². The summed E-state index contributed by atoms with van der Waals surface area (Å²) in [6, 6.07) is 8.21. The van der Waals surface area contributed by atoms with Crippen molar-refractivity contribution < 1.29 is 13.2 Å². The van der Waals surface area contributed by atoms with Crippen LogP contribution in [0.15, 0.2) is 30.5 Å². The third kappa shape index (κ3) is 4.40. The van der Waals surface area contributed by atoms with Crippen molar-refractivity contribution in [1.82, 2.24) is 18.5 Å². The SMILES string of the molecule is CN(C1CCCCC1)S(=O)(=O)N1CCN(C(=O)CCc2c[nH]c3ccccc23)CC1. The molecule has 2 aromatic rings. The number of hydrogen-bond donors (Lipinski definition) is 1. The summed E-state index contributed by atoms with van der Waals surface area (Å²) in [6.45, 7) is 1.67. The molecule has 1 aromatic carbocycles. The molecule has 8 heteroatoms. The van der Waals surface area contributed by atoms with Gasteiger partial charge < -0.3 is 9.88 Å². The van der Waals surface area contributed by atoms with Crippen LogP contribution in [0.2, 0.25) is 0 Å². The molecule has 2 heterocycles. The van der Waals surface area contributed by atoms with E-state index >= 15 is 0 Å². The molecule has 1 aliphatic heterocycles. The fraction of sp³-hybridized carbons (Fsp3) is 0.591. The normalized spacial score (nSPS) is 19.6. The number of benzene rings is 1. The summed E-state index contributed by atoms with van der Waals surface area (Å²) >= 11 is 0. The molecule has 0 radical (unpaired) electrons. The first-order valence-corrected chi connectivity index (χ1v) is 12.4. The third-order valence-corrected chi connectivity index (χ3v) is 8.70. The molecular weight excluding hydrogens is 400 g/mol. The van der Waals surface area contributed by atoms with Crippen LogP contribution in [0.1, 0.15) is 44.1 Å². The second kappa shape index (κ2) is 9.08. The first kappa shape index (κ1) is 21.3. The lowest BCUT2D eigenvalue weighted by atomic mass is 9.96. The van der Waals surface area contributed by atoms with Crippen LogP contribution in [-0.2, 0) is 21.4 Å². The Morgan fingerprint density at radius 1 is 1.10 bits per heavy atom.